The van der Waals surface area contributed by atoms with Gasteiger partial charge in [0.05, 0.1) is 11.7 Å². The minimum Gasteiger partial charge on any atom is -0.348 e. The Morgan fingerprint density at radius 1 is 1.04 bits per heavy atom. The average molecular weight is 340 g/mol. The number of carbonyl (C=O) groups is 2. The number of nitrogens with one attached hydrogen (secondary N) is 2. The highest BCUT2D eigenvalue weighted by Crippen LogP contribution is 2.15. The molecule has 2 amide bonds. The van der Waals surface area contributed by atoms with Gasteiger partial charge in [0.15, 0.2) is 0 Å². The van der Waals surface area contributed by atoms with Gasteiger partial charge in [-0.05, 0) is 49.6 Å². The Hall–Kier alpha value is -2.76. The fourth-order valence-corrected chi connectivity index (χ4v) is 2.37. The first-order valence-corrected chi connectivity index (χ1v) is 8.42. The highest BCUT2D eigenvalue weighted by molar-refractivity contribution is 5.92. The van der Waals surface area contributed by atoms with Crippen LogP contribution in [0.3, 0.4) is 0 Å². The summed E-state index contributed by atoms with van der Waals surface area (Å²) in [6, 6.07) is 7.38. The van der Waals surface area contributed by atoms with Gasteiger partial charge in [0, 0.05) is 25.2 Å². The van der Waals surface area contributed by atoms with E-state index in [0.29, 0.717) is 5.82 Å². The molecule has 0 aliphatic carbocycles. The van der Waals surface area contributed by atoms with Gasteiger partial charge in [-0.2, -0.15) is 0 Å². The molecule has 6 nitrogen and oxygen atoms in total. The van der Waals surface area contributed by atoms with Crippen molar-refractivity contribution in [2.75, 3.05) is 5.32 Å². The molecule has 2 heterocycles. The van der Waals surface area contributed by atoms with Gasteiger partial charge in [-0.1, -0.05) is 13.0 Å². The van der Waals surface area contributed by atoms with Crippen LogP contribution in [0.25, 0.3) is 0 Å². The predicted octanol–water partition coefficient (Wildman–Crippen LogP) is 3.08. The lowest BCUT2D eigenvalue weighted by Crippen LogP contribution is -2.29. The van der Waals surface area contributed by atoms with E-state index in [2.05, 4.69) is 20.6 Å². The van der Waals surface area contributed by atoms with Crippen LogP contribution in [-0.2, 0) is 9.59 Å². The van der Waals surface area contributed by atoms with Crippen LogP contribution in [0, 0.1) is 13.8 Å². The fourth-order valence-electron chi connectivity index (χ4n) is 2.37. The number of hydrogen-bond donors (Lipinski definition) is 2. The average Bonchev–Trinajstić information content (AvgIpc) is 2.59. The zero-order valence-electron chi connectivity index (χ0n) is 14.9. The molecule has 0 radical (unpaired) electrons. The second-order valence-corrected chi connectivity index (χ2v) is 6.06. The summed E-state index contributed by atoms with van der Waals surface area (Å²) in [7, 11) is 0. The van der Waals surface area contributed by atoms with Crippen molar-refractivity contribution in [3.05, 3.63) is 53.5 Å². The van der Waals surface area contributed by atoms with Crippen LogP contribution in [0.2, 0.25) is 0 Å². The quantitative estimate of drug-likeness (QED) is 0.811. The van der Waals surface area contributed by atoms with Crippen LogP contribution in [-0.4, -0.2) is 21.8 Å². The van der Waals surface area contributed by atoms with E-state index in [0.717, 1.165) is 23.2 Å². The number of pyridine rings is 2. The summed E-state index contributed by atoms with van der Waals surface area (Å²) >= 11 is 0. The SMILES string of the molecule is CCC(NC(=O)CCC(=O)Nc1cc(C)ccn1)c1ccc(C)cn1. The van der Waals surface area contributed by atoms with E-state index in [-0.39, 0.29) is 30.7 Å². The van der Waals surface area contributed by atoms with Crippen molar-refractivity contribution in [1.29, 1.82) is 0 Å². The molecule has 0 saturated heterocycles. The molecule has 1 atom stereocenters. The van der Waals surface area contributed by atoms with E-state index in [4.69, 9.17) is 0 Å². The molecule has 2 aromatic rings. The molecule has 132 valence electrons. The third-order valence-electron chi connectivity index (χ3n) is 3.80. The van der Waals surface area contributed by atoms with E-state index in [1.54, 1.807) is 18.5 Å². The standard InChI is InChI=1S/C19H24N4O2/c1-4-15(16-6-5-14(3)12-21-16)22-18(24)7-8-19(25)23-17-11-13(2)9-10-20-17/h5-6,9-12,15H,4,7-8H2,1-3H3,(H,22,24)(H,20,23,25). The van der Waals surface area contributed by atoms with Crippen molar-refractivity contribution in [2.45, 2.75) is 46.1 Å². The molecule has 0 aromatic carbocycles. The van der Waals surface area contributed by atoms with Crippen LogP contribution in [0.4, 0.5) is 5.82 Å². The molecule has 0 bridgehead atoms. The second-order valence-electron chi connectivity index (χ2n) is 6.06. The Kier molecular flexibility index (Phi) is 6.62. The molecule has 1 unspecified atom stereocenters. The van der Waals surface area contributed by atoms with Gasteiger partial charge >= 0.3 is 0 Å². The van der Waals surface area contributed by atoms with Gasteiger partial charge in [-0.3, -0.25) is 14.6 Å². The smallest absolute Gasteiger partial charge is 0.226 e. The van der Waals surface area contributed by atoms with Crippen LogP contribution in [0.15, 0.2) is 36.7 Å². The van der Waals surface area contributed by atoms with Gasteiger partial charge in [0.25, 0.3) is 0 Å². The van der Waals surface area contributed by atoms with E-state index in [9.17, 15) is 9.59 Å². The highest BCUT2D eigenvalue weighted by atomic mass is 16.2. The summed E-state index contributed by atoms with van der Waals surface area (Å²) in [4.78, 5) is 32.5. The molecule has 2 N–H and O–H groups in total. The minimum atomic E-state index is -0.227. The van der Waals surface area contributed by atoms with Crippen molar-refractivity contribution in [3.8, 4) is 0 Å². The Balaban J connectivity index is 1.82. The zero-order valence-corrected chi connectivity index (χ0v) is 14.9. The lowest BCUT2D eigenvalue weighted by molar-refractivity contribution is -0.125. The summed E-state index contributed by atoms with van der Waals surface area (Å²) < 4.78 is 0. The Morgan fingerprint density at radius 3 is 2.44 bits per heavy atom. The largest absolute Gasteiger partial charge is 0.348 e. The number of rotatable bonds is 7. The maximum Gasteiger partial charge on any atom is 0.226 e. The number of aromatic nitrogens is 2. The van der Waals surface area contributed by atoms with Crippen LogP contribution in [0.1, 0.15) is 49.0 Å². The number of carbonyl (C=O) groups excluding carboxylic acids is 2. The summed E-state index contributed by atoms with van der Waals surface area (Å²) in [6.07, 6.45) is 4.39. The topological polar surface area (TPSA) is 84.0 Å². The van der Waals surface area contributed by atoms with Gasteiger partial charge < -0.3 is 10.6 Å². The van der Waals surface area contributed by atoms with Gasteiger partial charge in [0.1, 0.15) is 5.82 Å². The molecular weight excluding hydrogens is 316 g/mol. The van der Waals surface area contributed by atoms with E-state index < -0.39 is 0 Å². The molecule has 2 aromatic heterocycles. The van der Waals surface area contributed by atoms with Gasteiger partial charge in [-0.15, -0.1) is 0 Å². The van der Waals surface area contributed by atoms with Crippen LogP contribution < -0.4 is 10.6 Å². The predicted molar refractivity (Wildman–Crippen MR) is 97.0 cm³/mol. The molecule has 0 aliphatic heterocycles. The molecule has 6 heteroatoms. The van der Waals surface area contributed by atoms with Crippen molar-refractivity contribution >= 4 is 17.6 Å². The first kappa shape index (κ1) is 18.6. The molecule has 0 aliphatic rings. The van der Waals surface area contributed by atoms with Crippen molar-refractivity contribution in [1.82, 2.24) is 15.3 Å². The lowest BCUT2D eigenvalue weighted by Gasteiger charge is -2.16. The summed E-state index contributed by atoms with van der Waals surface area (Å²) in [6.45, 7) is 5.88. The van der Waals surface area contributed by atoms with Gasteiger partial charge in [0.2, 0.25) is 11.8 Å². The normalized spacial score (nSPS) is 11.6. The molecule has 0 fully saturated rings. The van der Waals surface area contributed by atoms with Gasteiger partial charge in [-0.25, -0.2) is 4.98 Å². The Bertz CT molecular complexity index is 728. The van der Waals surface area contributed by atoms with Crippen LogP contribution >= 0.6 is 0 Å². The second kappa shape index (κ2) is 8.92. The molecular formula is C19H24N4O2. The fraction of sp³-hybridized carbons (Fsp3) is 0.368. The summed E-state index contributed by atoms with van der Waals surface area (Å²) in [5.41, 5.74) is 2.92. The number of hydrogen-bond acceptors (Lipinski definition) is 4. The van der Waals surface area contributed by atoms with Crippen molar-refractivity contribution in [3.63, 3.8) is 0 Å². The Labute approximate surface area is 148 Å². The highest BCUT2D eigenvalue weighted by Gasteiger charge is 2.15. The van der Waals surface area contributed by atoms with E-state index >= 15 is 0 Å². The lowest BCUT2D eigenvalue weighted by atomic mass is 10.1. The maximum atomic E-state index is 12.1. The number of amides is 2. The zero-order chi connectivity index (χ0) is 18.2. The van der Waals surface area contributed by atoms with E-state index in [1.807, 2.05) is 39.0 Å². The minimum absolute atomic E-state index is 0.110. The molecule has 0 saturated carbocycles. The Morgan fingerprint density at radius 2 is 1.80 bits per heavy atom. The van der Waals surface area contributed by atoms with Crippen molar-refractivity contribution < 1.29 is 9.59 Å². The summed E-state index contributed by atoms with van der Waals surface area (Å²) in [5, 5.41) is 5.63. The molecule has 25 heavy (non-hydrogen) atoms. The number of aryl methyl sites for hydroxylation is 2. The monoisotopic (exact) mass is 340 g/mol. The molecule has 0 spiro atoms. The third kappa shape index (κ3) is 5.99. The maximum absolute atomic E-state index is 12.1. The number of anilines is 1. The number of nitrogens with zero attached hydrogens (tertiary/aromatic N) is 2. The summed E-state index contributed by atoms with van der Waals surface area (Å²) in [5.74, 6) is 0.108. The first-order valence-electron chi connectivity index (χ1n) is 8.42. The third-order valence-corrected chi connectivity index (χ3v) is 3.80. The molecule has 2 rings (SSSR count). The van der Waals surface area contributed by atoms with Crippen molar-refractivity contribution in [2.24, 2.45) is 0 Å². The first-order chi connectivity index (χ1) is 12.0. The van der Waals surface area contributed by atoms with Crippen LogP contribution in [0.5, 0.6) is 0 Å². The van der Waals surface area contributed by atoms with E-state index in [1.165, 1.54) is 0 Å².